The predicted molar refractivity (Wildman–Crippen MR) is 87.5 cm³/mol. The third kappa shape index (κ3) is 3.35. The summed E-state index contributed by atoms with van der Waals surface area (Å²) >= 11 is 7.63. The molecule has 2 heterocycles. The van der Waals surface area contributed by atoms with E-state index in [1.54, 1.807) is 23.5 Å². The lowest BCUT2D eigenvalue weighted by Crippen LogP contribution is -2.07. The van der Waals surface area contributed by atoms with Crippen LogP contribution in [0.25, 0.3) is 10.2 Å². The molecule has 0 aliphatic carbocycles. The molecule has 1 amide bonds. The Morgan fingerprint density at radius 1 is 1.27 bits per heavy atom. The van der Waals surface area contributed by atoms with Crippen LogP contribution < -0.4 is 10.1 Å². The largest absolute Gasteiger partial charge is 0.483 e. The second-order valence-electron chi connectivity index (χ2n) is 4.53. The molecule has 0 unspecified atom stereocenters. The topological polar surface area (TPSA) is 64.1 Å². The zero-order chi connectivity index (χ0) is 15.5. The van der Waals surface area contributed by atoms with Crippen molar-refractivity contribution in [1.82, 2.24) is 9.97 Å². The number of ether oxygens (including phenoxy) is 1. The summed E-state index contributed by atoms with van der Waals surface area (Å²) in [6.07, 6.45) is 0. The van der Waals surface area contributed by atoms with Crippen molar-refractivity contribution >= 4 is 44.9 Å². The molecule has 0 fully saturated rings. The minimum atomic E-state index is -0.202. The number of fused-ring (bicyclic) bond motifs is 1. The fraction of sp³-hybridized carbons (Fsp3) is 0.133. The maximum absolute atomic E-state index is 11.0. The van der Waals surface area contributed by atoms with Crippen LogP contribution in [0.1, 0.15) is 11.9 Å². The predicted octanol–water partition coefficient (Wildman–Crippen LogP) is 3.88. The van der Waals surface area contributed by atoms with Crippen LogP contribution in [0.3, 0.4) is 0 Å². The van der Waals surface area contributed by atoms with Crippen molar-refractivity contribution in [3.8, 4) is 5.75 Å². The Morgan fingerprint density at radius 2 is 2.09 bits per heavy atom. The van der Waals surface area contributed by atoms with E-state index in [2.05, 4.69) is 15.3 Å². The summed E-state index contributed by atoms with van der Waals surface area (Å²) in [5, 5.41) is 3.63. The van der Waals surface area contributed by atoms with Crippen LogP contribution in [0.5, 0.6) is 5.75 Å². The fourth-order valence-corrected chi connectivity index (χ4v) is 2.99. The number of para-hydroxylation sites is 1. The first kappa shape index (κ1) is 14.7. The summed E-state index contributed by atoms with van der Waals surface area (Å²) < 4.78 is 6.77. The van der Waals surface area contributed by atoms with Crippen LogP contribution in [-0.2, 0) is 11.4 Å². The number of thiazole rings is 1. The lowest BCUT2D eigenvalue weighted by atomic mass is 10.3. The molecule has 0 radical (unpaired) electrons. The van der Waals surface area contributed by atoms with Gasteiger partial charge in [0.25, 0.3) is 0 Å². The van der Waals surface area contributed by atoms with E-state index in [0.29, 0.717) is 18.2 Å². The first-order chi connectivity index (χ1) is 10.6. The number of benzene rings is 1. The van der Waals surface area contributed by atoms with Crippen molar-refractivity contribution < 1.29 is 9.53 Å². The number of carbonyl (C=O) groups excluding carboxylic acids is 1. The summed E-state index contributed by atoms with van der Waals surface area (Å²) in [5.74, 6) is 0.645. The number of halogens is 1. The number of hydrogen-bond acceptors (Lipinski definition) is 5. The Balaban J connectivity index is 1.71. The molecule has 2 aromatic heterocycles. The Labute approximate surface area is 135 Å². The molecule has 0 spiro atoms. The molecule has 3 aromatic rings. The zero-order valence-electron chi connectivity index (χ0n) is 11.7. The van der Waals surface area contributed by atoms with Crippen LogP contribution in [0.2, 0.25) is 5.15 Å². The van der Waals surface area contributed by atoms with E-state index in [9.17, 15) is 4.79 Å². The SMILES string of the molecule is CC(=O)Nc1ccc(OCc2nc3ccccc3s2)c(Cl)n1. The summed E-state index contributed by atoms with van der Waals surface area (Å²) in [6, 6.07) is 11.2. The smallest absolute Gasteiger partial charge is 0.222 e. The highest BCUT2D eigenvalue weighted by Crippen LogP contribution is 2.27. The lowest BCUT2D eigenvalue weighted by Gasteiger charge is -2.07. The highest BCUT2D eigenvalue weighted by atomic mass is 35.5. The van der Waals surface area contributed by atoms with Gasteiger partial charge in [-0.1, -0.05) is 23.7 Å². The van der Waals surface area contributed by atoms with Gasteiger partial charge in [0.15, 0.2) is 10.9 Å². The Hall–Kier alpha value is -2.18. The maximum Gasteiger partial charge on any atom is 0.222 e. The van der Waals surface area contributed by atoms with E-state index in [-0.39, 0.29) is 11.1 Å². The van der Waals surface area contributed by atoms with Gasteiger partial charge in [0.2, 0.25) is 5.91 Å². The molecule has 0 bridgehead atoms. The van der Waals surface area contributed by atoms with Crippen molar-refractivity contribution in [2.75, 3.05) is 5.32 Å². The maximum atomic E-state index is 11.0. The third-order valence-corrected chi connectivity index (χ3v) is 4.09. The molecule has 0 atom stereocenters. The van der Waals surface area contributed by atoms with E-state index < -0.39 is 0 Å². The molecule has 1 N–H and O–H groups in total. The van der Waals surface area contributed by atoms with Gasteiger partial charge in [0.05, 0.1) is 10.2 Å². The number of amides is 1. The monoisotopic (exact) mass is 333 g/mol. The summed E-state index contributed by atoms with van der Waals surface area (Å²) in [6.45, 7) is 1.73. The average molecular weight is 334 g/mol. The number of carbonyl (C=O) groups is 1. The Morgan fingerprint density at radius 3 is 2.82 bits per heavy atom. The molecule has 112 valence electrons. The van der Waals surface area contributed by atoms with E-state index >= 15 is 0 Å². The number of pyridine rings is 1. The summed E-state index contributed by atoms with van der Waals surface area (Å²) in [5.41, 5.74) is 0.955. The third-order valence-electron chi connectivity index (χ3n) is 2.81. The number of hydrogen-bond donors (Lipinski definition) is 1. The van der Waals surface area contributed by atoms with Gasteiger partial charge in [-0.2, -0.15) is 0 Å². The Bertz CT molecular complexity index is 802. The molecular formula is C15H12ClN3O2S. The number of nitrogens with one attached hydrogen (secondary N) is 1. The molecule has 3 rings (SSSR count). The van der Waals surface area contributed by atoms with E-state index in [1.165, 1.54) is 6.92 Å². The van der Waals surface area contributed by atoms with Crippen LogP contribution in [0, 0.1) is 0 Å². The van der Waals surface area contributed by atoms with E-state index in [1.807, 2.05) is 24.3 Å². The van der Waals surface area contributed by atoms with Crippen molar-refractivity contribution in [3.05, 3.63) is 46.6 Å². The summed E-state index contributed by atoms with van der Waals surface area (Å²) in [7, 11) is 0. The van der Waals surface area contributed by atoms with Gasteiger partial charge >= 0.3 is 0 Å². The van der Waals surface area contributed by atoms with Gasteiger partial charge < -0.3 is 10.1 Å². The van der Waals surface area contributed by atoms with Gasteiger partial charge in [-0.25, -0.2) is 9.97 Å². The van der Waals surface area contributed by atoms with Gasteiger partial charge in [0.1, 0.15) is 17.4 Å². The van der Waals surface area contributed by atoms with Crippen molar-refractivity contribution in [2.45, 2.75) is 13.5 Å². The van der Waals surface area contributed by atoms with Crippen LogP contribution in [-0.4, -0.2) is 15.9 Å². The van der Waals surface area contributed by atoms with Gasteiger partial charge in [-0.3, -0.25) is 4.79 Å². The molecule has 0 saturated carbocycles. The van der Waals surface area contributed by atoms with E-state index in [0.717, 1.165) is 15.2 Å². The van der Waals surface area contributed by atoms with E-state index in [4.69, 9.17) is 16.3 Å². The quantitative estimate of drug-likeness (QED) is 0.736. The first-order valence-corrected chi connectivity index (χ1v) is 7.72. The minimum absolute atomic E-state index is 0.201. The van der Waals surface area contributed by atoms with Crippen molar-refractivity contribution in [2.24, 2.45) is 0 Å². The van der Waals surface area contributed by atoms with Crippen LogP contribution >= 0.6 is 22.9 Å². The van der Waals surface area contributed by atoms with Crippen LogP contribution in [0.4, 0.5) is 5.82 Å². The molecule has 5 nitrogen and oxygen atoms in total. The van der Waals surface area contributed by atoms with Crippen molar-refractivity contribution in [3.63, 3.8) is 0 Å². The standard InChI is InChI=1S/C15H12ClN3O2S/c1-9(20)17-13-7-6-11(15(16)19-13)21-8-14-18-10-4-2-3-5-12(10)22-14/h2-7H,8H2,1H3,(H,17,19,20). The minimum Gasteiger partial charge on any atom is -0.483 e. The molecule has 7 heteroatoms. The van der Waals surface area contributed by atoms with Gasteiger partial charge in [0, 0.05) is 6.92 Å². The van der Waals surface area contributed by atoms with Crippen LogP contribution in [0.15, 0.2) is 36.4 Å². The number of nitrogens with zero attached hydrogens (tertiary/aromatic N) is 2. The molecule has 0 aliphatic rings. The number of anilines is 1. The molecule has 0 saturated heterocycles. The van der Waals surface area contributed by atoms with Crippen molar-refractivity contribution in [1.29, 1.82) is 0 Å². The molecule has 0 aliphatic heterocycles. The zero-order valence-corrected chi connectivity index (χ0v) is 13.2. The van der Waals surface area contributed by atoms with Gasteiger partial charge in [-0.15, -0.1) is 11.3 Å². The highest BCUT2D eigenvalue weighted by molar-refractivity contribution is 7.18. The molecule has 22 heavy (non-hydrogen) atoms. The second-order valence-corrected chi connectivity index (χ2v) is 6.00. The first-order valence-electron chi connectivity index (χ1n) is 6.53. The lowest BCUT2D eigenvalue weighted by molar-refractivity contribution is -0.114. The Kier molecular flexibility index (Phi) is 4.22. The number of aromatic nitrogens is 2. The normalized spacial score (nSPS) is 10.6. The second kappa shape index (κ2) is 6.29. The van der Waals surface area contributed by atoms with Gasteiger partial charge in [-0.05, 0) is 24.3 Å². The molecule has 1 aromatic carbocycles. The highest BCUT2D eigenvalue weighted by Gasteiger charge is 2.08. The summed E-state index contributed by atoms with van der Waals surface area (Å²) in [4.78, 5) is 19.5. The fourth-order valence-electron chi connectivity index (χ4n) is 1.90. The molecular weight excluding hydrogens is 322 g/mol. The average Bonchev–Trinajstić information content (AvgIpc) is 2.88. The number of rotatable bonds is 4.